The molecular weight excluding hydrogens is 326 g/mol. The van der Waals surface area contributed by atoms with Crippen molar-refractivity contribution in [3.8, 4) is 0 Å². The van der Waals surface area contributed by atoms with E-state index in [0.29, 0.717) is 5.69 Å². The minimum absolute atomic E-state index is 0.0438. The summed E-state index contributed by atoms with van der Waals surface area (Å²) < 4.78 is 25.2. The number of hydrogen-bond acceptors (Lipinski definition) is 5. The van der Waals surface area contributed by atoms with Crippen LogP contribution in [0.1, 0.15) is 11.3 Å². The van der Waals surface area contributed by atoms with Gasteiger partial charge in [-0.1, -0.05) is 29.0 Å². The maximum absolute atomic E-state index is 12.0. The molecule has 0 saturated carbocycles. The number of thiazole rings is 1. The fourth-order valence-electron chi connectivity index (χ4n) is 1.68. The van der Waals surface area contributed by atoms with Crippen molar-refractivity contribution in [2.75, 3.05) is 0 Å². The number of benzene rings is 1. The van der Waals surface area contributed by atoms with Gasteiger partial charge in [-0.25, -0.2) is 8.42 Å². The molecule has 7 nitrogen and oxygen atoms in total. The molecule has 0 fully saturated rings. The average Bonchev–Trinajstić information content (AvgIpc) is 2.78. The lowest BCUT2D eigenvalue weighted by Gasteiger charge is -2.09. The molecule has 22 heavy (non-hydrogen) atoms. The van der Waals surface area contributed by atoms with Gasteiger partial charge in [-0.3, -0.25) is 19.6 Å². The molecule has 9 heteroatoms. The monoisotopic (exact) mass is 341 g/mol. The Balaban J connectivity index is 2.01. The fourth-order valence-corrected chi connectivity index (χ4v) is 3.27. The number of hydrazine groups is 1. The van der Waals surface area contributed by atoms with Gasteiger partial charge in [0, 0.05) is 11.1 Å². The lowest BCUT2D eigenvalue weighted by molar-refractivity contribution is -0.122. The van der Waals surface area contributed by atoms with Gasteiger partial charge in [0.1, 0.15) is 6.54 Å². The molecule has 2 N–H and O–H groups in total. The molecule has 2 rings (SSSR count). The highest BCUT2D eigenvalue weighted by Gasteiger charge is 2.15. The largest absolute Gasteiger partial charge is 0.307 e. The molecule has 0 aliphatic rings. The summed E-state index contributed by atoms with van der Waals surface area (Å²) in [6.45, 7) is 3.29. The van der Waals surface area contributed by atoms with Crippen molar-refractivity contribution in [2.45, 2.75) is 25.3 Å². The predicted molar refractivity (Wildman–Crippen MR) is 83.0 cm³/mol. The van der Waals surface area contributed by atoms with E-state index >= 15 is 0 Å². The van der Waals surface area contributed by atoms with Gasteiger partial charge in [0.15, 0.2) is 0 Å². The van der Waals surface area contributed by atoms with Crippen LogP contribution >= 0.6 is 11.3 Å². The molecule has 1 aromatic heterocycles. The molecule has 0 radical (unpaired) electrons. The molecule has 0 saturated heterocycles. The van der Waals surface area contributed by atoms with E-state index in [-0.39, 0.29) is 16.3 Å². The van der Waals surface area contributed by atoms with Crippen LogP contribution in [-0.2, 0) is 21.4 Å². The van der Waals surface area contributed by atoms with E-state index in [9.17, 15) is 18.0 Å². The predicted octanol–water partition coefficient (Wildman–Crippen LogP) is 0.536. The highest BCUT2D eigenvalue weighted by atomic mass is 32.2. The highest BCUT2D eigenvalue weighted by Crippen LogP contribution is 2.08. The number of amides is 1. The Labute approximate surface area is 131 Å². The van der Waals surface area contributed by atoms with Crippen molar-refractivity contribution in [3.63, 3.8) is 0 Å². The van der Waals surface area contributed by atoms with Crippen LogP contribution in [0, 0.1) is 13.8 Å². The summed E-state index contributed by atoms with van der Waals surface area (Å²) >= 11 is 0.984. The summed E-state index contributed by atoms with van der Waals surface area (Å²) in [7, 11) is -3.84. The Morgan fingerprint density at radius 3 is 2.41 bits per heavy atom. The highest BCUT2D eigenvalue weighted by molar-refractivity contribution is 7.89. The molecular formula is C13H15N3O4S2. The van der Waals surface area contributed by atoms with Gasteiger partial charge in [0.2, 0.25) is 0 Å². The minimum atomic E-state index is -3.84. The lowest BCUT2D eigenvalue weighted by atomic mass is 10.2. The summed E-state index contributed by atoms with van der Waals surface area (Å²) in [6.07, 6.45) is 0. The molecule has 0 bridgehead atoms. The molecule has 118 valence electrons. The quantitative estimate of drug-likeness (QED) is 0.776. The van der Waals surface area contributed by atoms with Crippen molar-refractivity contribution < 1.29 is 13.2 Å². The van der Waals surface area contributed by atoms with Gasteiger partial charge in [0.05, 0.1) is 4.90 Å². The van der Waals surface area contributed by atoms with Gasteiger partial charge >= 0.3 is 4.87 Å². The third-order valence-electron chi connectivity index (χ3n) is 2.93. The number of sulfonamides is 1. The van der Waals surface area contributed by atoms with Crippen LogP contribution in [0.5, 0.6) is 0 Å². The first-order valence-electron chi connectivity index (χ1n) is 6.32. The molecule has 0 aliphatic heterocycles. The summed E-state index contributed by atoms with van der Waals surface area (Å²) in [5.74, 6) is -0.626. The molecule has 1 amide bonds. The van der Waals surface area contributed by atoms with Crippen LogP contribution in [0.4, 0.5) is 0 Å². The molecule has 1 aromatic carbocycles. The van der Waals surface area contributed by atoms with Gasteiger partial charge in [-0.2, -0.15) is 0 Å². The van der Waals surface area contributed by atoms with E-state index in [0.717, 1.165) is 16.9 Å². The summed E-state index contributed by atoms with van der Waals surface area (Å²) in [5.41, 5.74) is 3.67. The smallest absolute Gasteiger partial charge is 0.294 e. The first kappa shape index (κ1) is 16.4. The lowest BCUT2D eigenvalue weighted by Crippen LogP contribution is -2.43. The van der Waals surface area contributed by atoms with Gasteiger partial charge < -0.3 is 0 Å². The van der Waals surface area contributed by atoms with Crippen LogP contribution in [0.25, 0.3) is 0 Å². The van der Waals surface area contributed by atoms with Crippen molar-refractivity contribution in [3.05, 3.63) is 50.6 Å². The van der Waals surface area contributed by atoms with E-state index in [1.54, 1.807) is 24.4 Å². The minimum Gasteiger partial charge on any atom is -0.294 e. The Hall–Kier alpha value is -1.97. The van der Waals surface area contributed by atoms with Gasteiger partial charge in [0.25, 0.3) is 15.9 Å². The second-order valence-electron chi connectivity index (χ2n) is 4.70. The zero-order valence-electron chi connectivity index (χ0n) is 12.0. The maximum atomic E-state index is 12.0. The second kappa shape index (κ2) is 6.42. The number of carbonyl (C=O) groups excluding carboxylic acids is 1. The normalized spacial score (nSPS) is 11.4. The Morgan fingerprint density at radius 2 is 1.86 bits per heavy atom. The van der Waals surface area contributed by atoms with E-state index in [2.05, 4.69) is 5.43 Å². The Morgan fingerprint density at radius 1 is 1.23 bits per heavy atom. The van der Waals surface area contributed by atoms with E-state index in [1.807, 2.05) is 11.8 Å². The molecule has 0 atom stereocenters. The third kappa shape index (κ3) is 3.81. The van der Waals surface area contributed by atoms with Gasteiger partial charge in [-0.05, 0) is 26.0 Å². The number of aryl methyl sites for hydroxylation is 2. The third-order valence-corrected chi connectivity index (χ3v) is 5.08. The van der Waals surface area contributed by atoms with E-state index in [4.69, 9.17) is 0 Å². The van der Waals surface area contributed by atoms with Crippen LogP contribution in [0.15, 0.2) is 39.3 Å². The van der Waals surface area contributed by atoms with Gasteiger partial charge in [-0.15, -0.1) is 4.83 Å². The maximum Gasteiger partial charge on any atom is 0.307 e. The molecule has 0 aliphatic carbocycles. The van der Waals surface area contributed by atoms with Crippen LogP contribution in [0.3, 0.4) is 0 Å². The molecule has 0 spiro atoms. The number of aromatic nitrogens is 1. The standard InChI is InChI=1S/C13H15N3O4S2/c1-9-3-5-11(6-4-9)22(19,20)15-14-12(17)7-16-10(2)8-21-13(16)18/h3-6,8,15H,7H2,1-2H3,(H,14,17). The number of nitrogens with zero attached hydrogens (tertiary/aromatic N) is 1. The van der Waals surface area contributed by atoms with E-state index < -0.39 is 15.9 Å². The van der Waals surface area contributed by atoms with E-state index in [1.165, 1.54) is 16.7 Å². The van der Waals surface area contributed by atoms with Crippen molar-refractivity contribution >= 4 is 27.3 Å². The topological polar surface area (TPSA) is 97.3 Å². The molecule has 0 unspecified atom stereocenters. The number of nitrogens with one attached hydrogen (secondary N) is 2. The van der Waals surface area contributed by atoms with Crippen LogP contribution in [0.2, 0.25) is 0 Å². The van der Waals surface area contributed by atoms with Crippen LogP contribution in [-0.4, -0.2) is 18.9 Å². The fraction of sp³-hybridized carbons (Fsp3) is 0.231. The first-order valence-corrected chi connectivity index (χ1v) is 8.68. The van der Waals surface area contributed by atoms with Crippen molar-refractivity contribution in [1.29, 1.82) is 0 Å². The number of carbonyl (C=O) groups is 1. The summed E-state index contributed by atoms with van der Waals surface area (Å²) in [5, 5.41) is 1.63. The van der Waals surface area contributed by atoms with Crippen LogP contribution < -0.4 is 15.1 Å². The Kier molecular flexibility index (Phi) is 4.79. The first-order chi connectivity index (χ1) is 10.3. The zero-order chi connectivity index (χ0) is 16.3. The van der Waals surface area contributed by atoms with Crippen molar-refractivity contribution in [1.82, 2.24) is 14.8 Å². The summed E-state index contributed by atoms with van der Waals surface area (Å²) in [6, 6.07) is 6.20. The number of hydrogen-bond donors (Lipinski definition) is 2. The average molecular weight is 341 g/mol. The van der Waals surface area contributed by atoms with Crippen molar-refractivity contribution in [2.24, 2.45) is 0 Å². The summed E-state index contributed by atoms with van der Waals surface area (Å²) in [4.78, 5) is 25.0. The molecule has 2 aromatic rings. The Bertz CT molecular complexity index is 835. The number of rotatable bonds is 5. The molecule has 1 heterocycles. The second-order valence-corrected chi connectivity index (χ2v) is 7.20. The SMILES string of the molecule is Cc1ccc(S(=O)(=O)NNC(=O)Cn2c(C)csc2=O)cc1. The zero-order valence-corrected chi connectivity index (χ0v) is 13.6.